The van der Waals surface area contributed by atoms with E-state index in [1.54, 1.807) is 0 Å². The molecule has 2 rings (SSSR count). The van der Waals surface area contributed by atoms with Crippen LogP contribution in [0.1, 0.15) is 25.3 Å². The second-order valence-electron chi connectivity index (χ2n) is 4.54. The number of nitrogens with one attached hydrogen (secondary N) is 1. The lowest BCUT2D eigenvalue weighted by molar-refractivity contribution is 0.167. The van der Waals surface area contributed by atoms with Crippen molar-refractivity contribution in [2.24, 2.45) is 0 Å². The maximum absolute atomic E-state index is 6.02. The van der Waals surface area contributed by atoms with E-state index < -0.39 is 0 Å². The third kappa shape index (κ3) is 3.76. The van der Waals surface area contributed by atoms with Crippen molar-refractivity contribution >= 4 is 11.6 Å². The van der Waals surface area contributed by atoms with Crippen LogP contribution in [0.5, 0.6) is 0 Å². The predicted octanol–water partition coefficient (Wildman–Crippen LogP) is 3.55. The Hall–Kier alpha value is -0.990. The van der Waals surface area contributed by atoms with Gasteiger partial charge in [-0.15, -0.1) is 0 Å². The molecule has 0 bridgehead atoms. The zero-order valence-electron chi connectivity index (χ0n) is 10.8. The fraction of sp³-hybridized carbons (Fsp3) is 0.467. The molecule has 2 nitrogen and oxygen atoms in total. The molecular formula is C15H20ClNO. The highest BCUT2D eigenvalue weighted by Gasteiger charge is 2.17. The Morgan fingerprint density at radius 2 is 2.33 bits per heavy atom. The number of hydrogen-bond donors (Lipinski definition) is 1. The summed E-state index contributed by atoms with van der Waals surface area (Å²) < 4.78 is 5.76. The number of rotatable bonds is 5. The molecule has 1 aromatic carbocycles. The maximum atomic E-state index is 6.02. The predicted molar refractivity (Wildman–Crippen MR) is 75.9 cm³/mol. The minimum absolute atomic E-state index is 0.258. The summed E-state index contributed by atoms with van der Waals surface area (Å²) in [6.07, 6.45) is 5.37. The van der Waals surface area contributed by atoms with Gasteiger partial charge in [0.25, 0.3) is 0 Å². The van der Waals surface area contributed by atoms with Crippen LogP contribution in [0, 0.1) is 0 Å². The van der Waals surface area contributed by atoms with E-state index in [-0.39, 0.29) is 6.04 Å². The van der Waals surface area contributed by atoms with Gasteiger partial charge in [-0.25, -0.2) is 0 Å². The molecule has 1 aromatic rings. The Bertz CT molecular complexity index is 417. The number of halogens is 1. The van der Waals surface area contributed by atoms with Gasteiger partial charge in [0.15, 0.2) is 0 Å². The standard InChI is InChI=1S/C15H20ClNO/c1-2-17-14(15-8-3-4-9-18-15)11-12-6-5-7-13(16)10-12/h5-8,10,14,17H,2-4,9,11H2,1H3. The second-order valence-corrected chi connectivity index (χ2v) is 4.98. The molecule has 18 heavy (non-hydrogen) atoms. The van der Waals surface area contributed by atoms with Crippen LogP contribution in [0.15, 0.2) is 36.1 Å². The summed E-state index contributed by atoms with van der Waals surface area (Å²) in [7, 11) is 0. The van der Waals surface area contributed by atoms with Crippen LogP contribution in [0.3, 0.4) is 0 Å². The Morgan fingerprint density at radius 1 is 1.44 bits per heavy atom. The van der Waals surface area contributed by atoms with Crippen LogP contribution in [0.25, 0.3) is 0 Å². The lowest BCUT2D eigenvalue weighted by Crippen LogP contribution is -2.34. The van der Waals surface area contributed by atoms with Gasteiger partial charge in [-0.1, -0.05) is 30.7 Å². The van der Waals surface area contributed by atoms with Gasteiger partial charge in [0, 0.05) is 5.02 Å². The van der Waals surface area contributed by atoms with Gasteiger partial charge >= 0.3 is 0 Å². The average molecular weight is 266 g/mol. The van der Waals surface area contributed by atoms with Crippen molar-refractivity contribution in [1.29, 1.82) is 0 Å². The van der Waals surface area contributed by atoms with E-state index in [0.717, 1.165) is 43.2 Å². The van der Waals surface area contributed by atoms with Gasteiger partial charge in [0.2, 0.25) is 0 Å². The Morgan fingerprint density at radius 3 is 3.00 bits per heavy atom. The first-order valence-electron chi connectivity index (χ1n) is 6.60. The van der Waals surface area contributed by atoms with E-state index in [0.29, 0.717) is 0 Å². The van der Waals surface area contributed by atoms with E-state index >= 15 is 0 Å². The molecule has 0 radical (unpaired) electrons. The van der Waals surface area contributed by atoms with Crippen LogP contribution in [-0.4, -0.2) is 19.2 Å². The van der Waals surface area contributed by atoms with Gasteiger partial charge in [-0.05, 0) is 49.6 Å². The summed E-state index contributed by atoms with van der Waals surface area (Å²) in [6, 6.07) is 8.30. The normalized spacial score (nSPS) is 16.9. The van der Waals surface area contributed by atoms with E-state index in [1.165, 1.54) is 5.56 Å². The van der Waals surface area contributed by atoms with Gasteiger partial charge < -0.3 is 10.1 Å². The summed E-state index contributed by atoms with van der Waals surface area (Å²) in [5, 5.41) is 4.28. The second kappa shape index (κ2) is 6.81. The SMILES string of the molecule is CCNC(Cc1cccc(Cl)c1)C1=CCCCO1. The minimum atomic E-state index is 0.258. The number of benzene rings is 1. The smallest absolute Gasteiger partial charge is 0.109 e. The average Bonchev–Trinajstić information content (AvgIpc) is 2.39. The van der Waals surface area contributed by atoms with Crippen LogP contribution in [0.2, 0.25) is 5.02 Å². The maximum Gasteiger partial charge on any atom is 0.109 e. The molecule has 0 spiro atoms. The number of hydrogen-bond acceptors (Lipinski definition) is 2. The Balaban J connectivity index is 2.08. The molecule has 0 aliphatic carbocycles. The van der Waals surface area contributed by atoms with Gasteiger partial charge in [-0.3, -0.25) is 0 Å². The van der Waals surface area contributed by atoms with Gasteiger partial charge in [0.1, 0.15) is 5.76 Å². The zero-order valence-corrected chi connectivity index (χ0v) is 11.5. The number of likely N-dealkylation sites (N-methyl/N-ethyl adjacent to an activating group) is 1. The lowest BCUT2D eigenvalue weighted by atomic mass is 10.0. The Labute approximate surface area is 114 Å². The summed E-state index contributed by atoms with van der Waals surface area (Å²) in [6.45, 7) is 3.89. The van der Waals surface area contributed by atoms with E-state index in [2.05, 4.69) is 24.4 Å². The summed E-state index contributed by atoms with van der Waals surface area (Å²) in [5.74, 6) is 1.09. The molecule has 1 aliphatic rings. The van der Waals surface area contributed by atoms with Crippen molar-refractivity contribution < 1.29 is 4.74 Å². The van der Waals surface area contributed by atoms with Crippen molar-refractivity contribution in [3.8, 4) is 0 Å². The highest BCUT2D eigenvalue weighted by molar-refractivity contribution is 6.30. The monoisotopic (exact) mass is 265 g/mol. The topological polar surface area (TPSA) is 21.3 Å². The molecule has 0 saturated carbocycles. The summed E-state index contributed by atoms with van der Waals surface area (Å²) in [4.78, 5) is 0. The molecule has 0 amide bonds. The fourth-order valence-corrected chi connectivity index (χ4v) is 2.45. The summed E-state index contributed by atoms with van der Waals surface area (Å²) in [5.41, 5.74) is 1.24. The van der Waals surface area contributed by atoms with Crippen molar-refractivity contribution in [3.05, 3.63) is 46.7 Å². The van der Waals surface area contributed by atoms with Crippen LogP contribution in [0.4, 0.5) is 0 Å². The highest BCUT2D eigenvalue weighted by atomic mass is 35.5. The molecule has 98 valence electrons. The van der Waals surface area contributed by atoms with Crippen LogP contribution in [-0.2, 0) is 11.2 Å². The first-order valence-corrected chi connectivity index (χ1v) is 6.98. The zero-order chi connectivity index (χ0) is 12.8. The van der Waals surface area contributed by atoms with Gasteiger partial charge in [0.05, 0.1) is 12.6 Å². The van der Waals surface area contributed by atoms with Crippen LogP contribution >= 0.6 is 11.6 Å². The molecule has 0 fully saturated rings. The first-order chi connectivity index (χ1) is 8.79. The molecule has 1 aliphatic heterocycles. The molecule has 1 unspecified atom stereocenters. The lowest BCUT2D eigenvalue weighted by Gasteiger charge is -2.24. The fourth-order valence-electron chi connectivity index (χ4n) is 2.24. The third-order valence-corrected chi connectivity index (χ3v) is 3.32. The summed E-state index contributed by atoms with van der Waals surface area (Å²) >= 11 is 6.02. The molecule has 1 atom stereocenters. The third-order valence-electron chi connectivity index (χ3n) is 3.09. The van der Waals surface area contributed by atoms with Crippen molar-refractivity contribution in [3.63, 3.8) is 0 Å². The highest BCUT2D eigenvalue weighted by Crippen LogP contribution is 2.19. The molecule has 1 heterocycles. The molecule has 3 heteroatoms. The van der Waals surface area contributed by atoms with Crippen molar-refractivity contribution in [2.75, 3.05) is 13.2 Å². The largest absolute Gasteiger partial charge is 0.497 e. The van der Waals surface area contributed by atoms with Crippen molar-refractivity contribution in [1.82, 2.24) is 5.32 Å². The van der Waals surface area contributed by atoms with Gasteiger partial charge in [-0.2, -0.15) is 0 Å². The van der Waals surface area contributed by atoms with E-state index in [9.17, 15) is 0 Å². The molecular weight excluding hydrogens is 246 g/mol. The Kier molecular flexibility index (Phi) is 5.09. The first kappa shape index (κ1) is 13.4. The minimum Gasteiger partial charge on any atom is -0.497 e. The molecule has 0 saturated heterocycles. The number of ether oxygens (including phenoxy) is 1. The van der Waals surface area contributed by atoms with E-state index in [4.69, 9.17) is 16.3 Å². The van der Waals surface area contributed by atoms with Crippen molar-refractivity contribution in [2.45, 2.75) is 32.2 Å². The van der Waals surface area contributed by atoms with E-state index in [1.807, 2.05) is 18.2 Å². The molecule has 0 aromatic heterocycles. The number of allylic oxidation sites excluding steroid dienone is 1. The molecule has 1 N–H and O–H groups in total. The quantitative estimate of drug-likeness (QED) is 0.879. The van der Waals surface area contributed by atoms with Crippen LogP contribution < -0.4 is 5.32 Å².